The van der Waals surface area contributed by atoms with Crippen LogP contribution in [0.1, 0.15) is 16.8 Å². The first kappa shape index (κ1) is 12.9. The van der Waals surface area contributed by atoms with E-state index in [4.69, 9.17) is 5.11 Å². The lowest BCUT2D eigenvalue weighted by atomic mass is 10.1. The number of β-amino-alcohol motifs (C(OH)–C–C–N with tert-alkyl or cyclic N) is 1. The highest BCUT2D eigenvalue weighted by molar-refractivity contribution is 5.94. The molecule has 1 aromatic carbocycles. The first-order valence-corrected chi connectivity index (χ1v) is 6.63. The molecule has 0 spiro atoms. The largest absolute Gasteiger partial charge is 0.465 e. The van der Waals surface area contributed by atoms with E-state index in [1.165, 1.54) is 4.90 Å². The lowest BCUT2D eigenvalue weighted by Gasteiger charge is -2.24. The predicted octanol–water partition coefficient (Wildman–Crippen LogP) is 0.624. The van der Waals surface area contributed by atoms with Crippen molar-refractivity contribution in [3.05, 3.63) is 35.9 Å². The minimum Gasteiger partial charge on any atom is -0.465 e. The predicted molar refractivity (Wildman–Crippen MR) is 70.4 cm³/mol. The highest BCUT2D eigenvalue weighted by Crippen LogP contribution is 2.32. The molecule has 2 N–H and O–H groups in total. The van der Waals surface area contributed by atoms with E-state index in [1.807, 2.05) is 6.07 Å². The van der Waals surface area contributed by atoms with Gasteiger partial charge in [-0.25, -0.2) is 4.79 Å². The van der Waals surface area contributed by atoms with Crippen LogP contribution < -0.4 is 0 Å². The molecular formula is C14H16N2O4. The van der Waals surface area contributed by atoms with E-state index >= 15 is 0 Å². The number of amides is 2. The fourth-order valence-corrected chi connectivity index (χ4v) is 3.25. The van der Waals surface area contributed by atoms with Gasteiger partial charge >= 0.3 is 6.09 Å². The molecule has 2 aliphatic rings. The molecule has 6 heteroatoms. The Labute approximate surface area is 116 Å². The van der Waals surface area contributed by atoms with Crippen LogP contribution in [0.5, 0.6) is 0 Å². The molecule has 3 rings (SSSR count). The average Bonchev–Trinajstić information content (AvgIpc) is 3.01. The zero-order chi connectivity index (χ0) is 14.3. The van der Waals surface area contributed by atoms with Crippen molar-refractivity contribution in [3.8, 4) is 0 Å². The normalized spacial score (nSPS) is 28.6. The Morgan fingerprint density at radius 1 is 1.15 bits per heavy atom. The van der Waals surface area contributed by atoms with Crippen molar-refractivity contribution in [3.63, 3.8) is 0 Å². The highest BCUT2D eigenvalue weighted by Gasteiger charge is 2.51. The van der Waals surface area contributed by atoms with Gasteiger partial charge in [-0.2, -0.15) is 0 Å². The molecule has 0 bridgehead atoms. The second kappa shape index (κ2) is 4.79. The van der Waals surface area contributed by atoms with Gasteiger partial charge in [-0.3, -0.25) is 4.79 Å². The zero-order valence-corrected chi connectivity index (χ0v) is 10.8. The van der Waals surface area contributed by atoms with Crippen LogP contribution in [0.15, 0.2) is 30.3 Å². The first-order valence-electron chi connectivity index (χ1n) is 6.63. The fourth-order valence-electron chi connectivity index (χ4n) is 3.25. The number of rotatable bonds is 1. The molecule has 0 aliphatic carbocycles. The van der Waals surface area contributed by atoms with Crippen LogP contribution in [-0.4, -0.2) is 63.3 Å². The summed E-state index contributed by atoms with van der Waals surface area (Å²) in [4.78, 5) is 26.5. The number of fused-ring (bicyclic) bond motifs is 1. The van der Waals surface area contributed by atoms with Crippen molar-refractivity contribution in [2.75, 3.05) is 13.1 Å². The molecule has 6 nitrogen and oxygen atoms in total. The number of aliphatic hydroxyl groups is 1. The third kappa shape index (κ3) is 1.92. The maximum Gasteiger partial charge on any atom is 0.407 e. The van der Waals surface area contributed by atoms with Gasteiger partial charge in [-0.15, -0.1) is 0 Å². The number of nitrogens with zero attached hydrogens (tertiary/aromatic N) is 2. The third-order valence-electron chi connectivity index (χ3n) is 4.13. The minimum absolute atomic E-state index is 0.149. The van der Waals surface area contributed by atoms with Gasteiger partial charge in [0.15, 0.2) is 0 Å². The molecule has 106 valence electrons. The number of hydrogen-bond donors (Lipinski definition) is 2. The summed E-state index contributed by atoms with van der Waals surface area (Å²) >= 11 is 0. The average molecular weight is 276 g/mol. The molecule has 1 aromatic rings. The number of benzene rings is 1. The van der Waals surface area contributed by atoms with E-state index < -0.39 is 18.2 Å². The maximum atomic E-state index is 12.5. The SMILES string of the molecule is O=C(O)N1CC[C@@H]2[C@H]1[C@@H](O)CN2C(=O)c1ccccc1. The summed E-state index contributed by atoms with van der Waals surface area (Å²) in [6.07, 6.45) is -1.27. The van der Waals surface area contributed by atoms with E-state index in [1.54, 1.807) is 29.2 Å². The quantitative estimate of drug-likeness (QED) is 0.788. The molecule has 2 saturated heterocycles. The van der Waals surface area contributed by atoms with Crippen LogP contribution in [0.3, 0.4) is 0 Å². The maximum absolute atomic E-state index is 12.5. The Morgan fingerprint density at radius 2 is 1.85 bits per heavy atom. The first-order chi connectivity index (χ1) is 9.59. The Bertz CT molecular complexity index is 533. The number of carboxylic acid groups (broad SMARTS) is 1. The summed E-state index contributed by atoms with van der Waals surface area (Å²) in [6.45, 7) is 0.549. The molecule has 0 unspecified atom stereocenters. The second-order valence-corrected chi connectivity index (χ2v) is 5.21. The van der Waals surface area contributed by atoms with Gasteiger partial charge in [0.2, 0.25) is 0 Å². The van der Waals surface area contributed by atoms with Crippen molar-refractivity contribution < 1.29 is 19.8 Å². The van der Waals surface area contributed by atoms with Crippen LogP contribution >= 0.6 is 0 Å². The summed E-state index contributed by atoms with van der Waals surface area (Å²) < 4.78 is 0. The van der Waals surface area contributed by atoms with E-state index in [0.29, 0.717) is 18.5 Å². The van der Waals surface area contributed by atoms with Crippen LogP contribution in [0.2, 0.25) is 0 Å². The van der Waals surface area contributed by atoms with Gasteiger partial charge in [-0.05, 0) is 18.6 Å². The number of likely N-dealkylation sites (tertiary alicyclic amines) is 2. The van der Waals surface area contributed by atoms with Gasteiger partial charge < -0.3 is 20.0 Å². The smallest absolute Gasteiger partial charge is 0.407 e. The Hall–Kier alpha value is -2.08. The standard InChI is InChI=1S/C14H16N2O4/c17-11-8-16(13(18)9-4-2-1-3-5-9)10-6-7-15(12(10)11)14(19)20/h1-5,10-12,17H,6-8H2,(H,19,20)/t10-,11+,12+/m1/s1. The summed E-state index contributed by atoms with van der Waals surface area (Å²) in [5, 5.41) is 19.2. The summed E-state index contributed by atoms with van der Waals surface area (Å²) in [7, 11) is 0. The summed E-state index contributed by atoms with van der Waals surface area (Å²) in [5.74, 6) is -0.149. The lowest BCUT2D eigenvalue weighted by Crippen LogP contribution is -2.44. The molecule has 20 heavy (non-hydrogen) atoms. The molecule has 3 atom stereocenters. The Morgan fingerprint density at radius 3 is 2.50 bits per heavy atom. The minimum atomic E-state index is -1.04. The van der Waals surface area contributed by atoms with Crippen molar-refractivity contribution in [1.29, 1.82) is 0 Å². The highest BCUT2D eigenvalue weighted by atomic mass is 16.4. The van der Waals surface area contributed by atoms with Gasteiger partial charge in [-0.1, -0.05) is 18.2 Å². The van der Waals surface area contributed by atoms with E-state index in [9.17, 15) is 14.7 Å². The number of hydrogen-bond acceptors (Lipinski definition) is 3. The molecule has 2 fully saturated rings. The molecular weight excluding hydrogens is 260 g/mol. The summed E-state index contributed by atoms with van der Waals surface area (Å²) in [6, 6.07) is 8.14. The van der Waals surface area contributed by atoms with Crippen LogP contribution in [0.25, 0.3) is 0 Å². The number of aliphatic hydroxyl groups excluding tert-OH is 1. The van der Waals surface area contributed by atoms with Gasteiger partial charge in [0.25, 0.3) is 5.91 Å². The van der Waals surface area contributed by atoms with Crippen LogP contribution in [-0.2, 0) is 0 Å². The lowest BCUT2D eigenvalue weighted by molar-refractivity contribution is 0.0712. The molecule has 0 radical (unpaired) electrons. The Balaban J connectivity index is 1.84. The fraction of sp³-hybridized carbons (Fsp3) is 0.429. The molecule has 0 saturated carbocycles. The van der Waals surface area contributed by atoms with Crippen molar-refractivity contribution in [1.82, 2.24) is 9.80 Å². The number of carbonyl (C=O) groups excluding carboxylic acids is 1. The van der Waals surface area contributed by atoms with Gasteiger partial charge in [0.05, 0.1) is 18.2 Å². The second-order valence-electron chi connectivity index (χ2n) is 5.21. The third-order valence-corrected chi connectivity index (χ3v) is 4.13. The molecule has 2 heterocycles. The van der Waals surface area contributed by atoms with Crippen LogP contribution in [0.4, 0.5) is 4.79 Å². The van der Waals surface area contributed by atoms with E-state index in [0.717, 1.165) is 0 Å². The zero-order valence-electron chi connectivity index (χ0n) is 10.8. The van der Waals surface area contributed by atoms with Crippen LogP contribution in [0, 0.1) is 0 Å². The van der Waals surface area contributed by atoms with E-state index in [-0.39, 0.29) is 18.5 Å². The van der Waals surface area contributed by atoms with Gasteiger partial charge in [0, 0.05) is 18.7 Å². The van der Waals surface area contributed by atoms with Crippen molar-refractivity contribution >= 4 is 12.0 Å². The van der Waals surface area contributed by atoms with Crippen molar-refractivity contribution in [2.24, 2.45) is 0 Å². The summed E-state index contributed by atoms with van der Waals surface area (Å²) in [5.41, 5.74) is 0.564. The Kier molecular flexibility index (Phi) is 3.10. The van der Waals surface area contributed by atoms with E-state index in [2.05, 4.69) is 0 Å². The molecule has 2 amide bonds. The topological polar surface area (TPSA) is 81.1 Å². The monoisotopic (exact) mass is 276 g/mol. The molecule has 0 aromatic heterocycles. The van der Waals surface area contributed by atoms with Gasteiger partial charge in [0.1, 0.15) is 0 Å². The number of carbonyl (C=O) groups is 2. The van der Waals surface area contributed by atoms with Crippen molar-refractivity contribution in [2.45, 2.75) is 24.6 Å². The molecule has 2 aliphatic heterocycles.